The first-order chi connectivity index (χ1) is 8.65. The predicted molar refractivity (Wildman–Crippen MR) is 72.0 cm³/mol. The van der Waals surface area contributed by atoms with E-state index in [4.69, 9.17) is 0 Å². The van der Waals surface area contributed by atoms with Crippen molar-refractivity contribution >= 4 is 12.0 Å². The number of amides is 1. The van der Waals surface area contributed by atoms with Gasteiger partial charge in [-0.2, -0.15) is 0 Å². The Balaban J connectivity index is 1.98. The Labute approximate surface area is 108 Å². The number of nitrogens with zero attached hydrogens (tertiary/aromatic N) is 1. The smallest absolute Gasteiger partial charge is 0.246 e. The van der Waals surface area contributed by atoms with Gasteiger partial charge in [-0.1, -0.05) is 29.8 Å². The van der Waals surface area contributed by atoms with Crippen LogP contribution >= 0.6 is 0 Å². The molecule has 0 spiro atoms. The van der Waals surface area contributed by atoms with Crippen LogP contribution in [0.3, 0.4) is 0 Å². The largest absolute Gasteiger partial charge is 0.391 e. The first kappa shape index (κ1) is 12.8. The van der Waals surface area contributed by atoms with Crippen LogP contribution in [0.2, 0.25) is 0 Å². The molecule has 1 N–H and O–H groups in total. The summed E-state index contributed by atoms with van der Waals surface area (Å²) in [5.41, 5.74) is 2.21. The zero-order valence-electron chi connectivity index (χ0n) is 10.7. The molecule has 1 fully saturated rings. The summed E-state index contributed by atoms with van der Waals surface area (Å²) < 4.78 is 0. The standard InChI is InChI=1S/C15H19NO2/c1-12-4-2-5-13(10-12)7-8-15(18)16-9-3-6-14(17)11-16/h2,4-5,7-8,10,14,17H,3,6,9,11H2,1H3/b8-7+/t14-/m0/s1. The van der Waals surface area contributed by atoms with E-state index in [1.807, 2.05) is 37.3 Å². The molecule has 1 aromatic rings. The maximum absolute atomic E-state index is 11.9. The third-order valence-corrected chi connectivity index (χ3v) is 3.17. The molecule has 2 rings (SSSR count). The van der Waals surface area contributed by atoms with Crippen LogP contribution in [0.5, 0.6) is 0 Å². The van der Waals surface area contributed by atoms with Gasteiger partial charge in [-0.3, -0.25) is 4.79 Å². The van der Waals surface area contributed by atoms with Gasteiger partial charge in [0.2, 0.25) is 5.91 Å². The highest BCUT2D eigenvalue weighted by Gasteiger charge is 2.20. The molecule has 0 unspecified atom stereocenters. The number of piperidine rings is 1. The van der Waals surface area contributed by atoms with Gasteiger partial charge in [0.25, 0.3) is 0 Å². The Hall–Kier alpha value is -1.61. The normalized spacial score (nSPS) is 20.3. The summed E-state index contributed by atoms with van der Waals surface area (Å²) in [7, 11) is 0. The van der Waals surface area contributed by atoms with E-state index in [9.17, 15) is 9.90 Å². The number of aryl methyl sites for hydroxylation is 1. The SMILES string of the molecule is Cc1cccc(/C=C/C(=O)N2CCC[C@H](O)C2)c1. The van der Waals surface area contributed by atoms with Gasteiger partial charge in [-0.05, 0) is 31.4 Å². The molecule has 18 heavy (non-hydrogen) atoms. The van der Waals surface area contributed by atoms with Gasteiger partial charge in [-0.25, -0.2) is 0 Å². The molecular formula is C15H19NO2. The van der Waals surface area contributed by atoms with Crippen molar-refractivity contribution in [2.45, 2.75) is 25.9 Å². The van der Waals surface area contributed by atoms with Crippen LogP contribution < -0.4 is 0 Å². The number of β-amino-alcohol motifs (C(OH)–C–C–N with tert-alkyl or cyclic N) is 1. The topological polar surface area (TPSA) is 40.5 Å². The maximum atomic E-state index is 11.9. The number of carbonyl (C=O) groups excluding carboxylic acids is 1. The third-order valence-electron chi connectivity index (χ3n) is 3.17. The second kappa shape index (κ2) is 5.83. The van der Waals surface area contributed by atoms with Crippen LogP contribution in [0.15, 0.2) is 30.3 Å². The molecule has 96 valence electrons. The summed E-state index contributed by atoms with van der Waals surface area (Å²) in [5.74, 6) is -0.0183. The molecular weight excluding hydrogens is 226 g/mol. The van der Waals surface area contributed by atoms with Crippen LogP contribution in [0.1, 0.15) is 24.0 Å². The highest BCUT2D eigenvalue weighted by Crippen LogP contribution is 2.11. The molecule has 1 saturated heterocycles. The molecule has 0 aliphatic carbocycles. The zero-order valence-corrected chi connectivity index (χ0v) is 10.7. The van der Waals surface area contributed by atoms with Gasteiger partial charge >= 0.3 is 0 Å². The van der Waals surface area contributed by atoms with Crippen molar-refractivity contribution in [1.29, 1.82) is 0 Å². The molecule has 0 saturated carbocycles. The minimum Gasteiger partial charge on any atom is -0.391 e. The maximum Gasteiger partial charge on any atom is 0.246 e. The number of aliphatic hydroxyl groups excluding tert-OH is 1. The second-order valence-corrected chi connectivity index (χ2v) is 4.83. The molecule has 0 bridgehead atoms. The molecule has 0 radical (unpaired) electrons. The zero-order chi connectivity index (χ0) is 13.0. The molecule has 1 heterocycles. The van der Waals surface area contributed by atoms with E-state index in [1.165, 1.54) is 5.56 Å². The molecule has 3 heteroatoms. The lowest BCUT2D eigenvalue weighted by Gasteiger charge is -2.29. The van der Waals surface area contributed by atoms with Crippen molar-refractivity contribution in [3.63, 3.8) is 0 Å². The number of rotatable bonds is 2. The van der Waals surface area contributed by atoms with Crippen molar-refractivity contribution < 1.29 is 9.90 Å². The van der Waals surface area contributed by atoms with E-state index < -0.39 is 0 Å². The quantitative estimate of drug-likeness (QED) is 0.809. The molecule has 1 atom stereocenters. The van der Waals surface area contributed by atoms with Crippen LogP contribution in [0.4, 0.5) is 0 Å². The lowest BCUT2D eigenvalue weighted by Crippen LogP contribution is -2.41. The van der Waals surface area contributed by atoms with Gasteiger partial charge in [0.1, 0.15) is 0 Å². The molecule has 1 aliphatic rings. The number of benzene rings is 1. The Morgan fingerprint density at radius 3 is 3.06 bits per heavy atom. The Morgan fingerprint density at radius 1 is 1.50 bits per heavy atom. The van der Waals surface area contributed by atoms with Crippen LogP contribution in [0.25, 0.3) is 6.08 Å². The van der Waals surface area contributed by atoms with Gasteiger partial charge < -0.3 is 10.0 Å². The minimum atomic E-state index is -0.366. The lowest BCUT2D eigenvalue weighted by molar-refractivity contribution is -0.128. The Bertz CT molecular complexity index is 454. The number of hydrogen-bond acceptors (Lipinski definition) is 2. The van der Waals surface area contributed by atoms with E-state index >= 15 is 0 Å². The van der Waals surface area contributed by atoms with E-state index in [-0.39, 0.29) is 12.0 Å². The second-order valence-electron chi connectivity index (χ2n) is 4.83. The Kier molecular flexibility index (Phi) is 4.15. The summed E-state index contributed by atoms with van der Waals surface area (Å²) in [6.07, 6.45) is 4.73. The van der Waals surface area contributed by atoms with Gasteiger partial charge in [0.15, 0.2) is 0 Å². The lowest BCUT2D eigenvalue weighted by atomic mass is 10.1. The molecule has 1 aliphatic heterocycles. The van der Waals surface area contributed by atoms with Gasteiger partial charge in [0.05, 0.1) is 6.10 Å². The van der Waals surface area contributed by atoms with E-state index in [0.29, 0.717) is 6.54 Å². The molecule has 1 aromatic carbocycles. The van der Waals surface area contributed by atoms with Gasteiger partial charge in [-0.15, -0.1) is 0 Å². The van der Waals surface area contributed by atoms with Crippen molar-refractivity contribution in [1.82, 2.24) is 4.90 Å². The summed E-state index contributed by atoms with van der Waals surface area (Å²) >= 11 is 0. The van der Waals surface area contributed by atoms with Crippen LogP contribution in [-0.2, 0) is 4.79 Å². The Morgan fingerprint density at radius 2 is 2.33 bits per heavy atom. The monoisotopic (exact) mass is 245 g/mol. The summed E-state index contributed by atoms with van der Waals surface area (Å²) in [5, 5.41) is 9.53. The fourth-order valence-corrected chi connectivity index (χ4v) is 2.20. The first-order valence-electron chi connectivity index (χ1n) is 6.37. The number of aliphatic hydroxyl groups is 1. The average Bonchev–Trinajstić information content (AvgIpc) is 2.36. The fraction of sp³-hybridized carbons (Fsp3) is 0.400. The average molecular weight is 245 g/mol. The van der Waals surface area contributed by atoms with Gasteiger partial charge in [0, 0.05) is 19.2 Å². The number of carbonyl (C=O) groups is 1. The highest BCUT2D eigenvalue weighted by atomic mass is 16.3. The summed E-state index contributed by atoms with van der Waals surface area (Å²) in [4.78, 5) is 13.6. The molecule has 0 aromatic heterocycles. The van der Waals surface area contributed by atoms with Crippen molar-refractivity contribution in [2.75, 3.05) is 13.1 Å². The summed E-state index contributed by atoms with van der Waals surface area (Å²) in [6, 6.07) is 8.01. The number of likely N-dealkylation sites (tertiary alicyclic amines) is 1. The minimum absolute atomic E-state index is 0.0183. The van der Waals surface area contributed by atoms with Crippen molar-refractivity contribution in [3.8, 4) is 0 Å². The number of hydrogen-bond donors (Lipinski definition) is 1. The fourth-order valence-electron chi connectivity index (χ4n) is 2.20. The summed E-state index contributed by atoms with van der Waals surface area (Å²) in [6.45, 7) is 3.23. The van der Waals surface area contributed by atoms with Crippen LogP contribution in [0, 0.1) is 6.92 Å². The molecule has 1 amide bonds. The van der Waals surface area contributed by atoms with Crippen molar-refractivity contribution in [2.24, 2.45) is 0 Å². The van der Waals surface area contributed by atoms with E-state index in [1.54, 1.807) is 11.0 Å². The van der Waals surface area contributed by atoms with E-state index in [2.05, 4.69) is 0 Å². The van der Waals surface area contributed by atoms with Crippen LogP contribution in [-0.4, -0.2) is 35.1 Å². The highest BCUT2D eigenvalue weighted by molar-refractivity contribution is 5.91. The molecule has 3 nitrogen and oxygen atoms in total. The predicted octanol–water partition coefficient (Wildman–Crippen LogP) is 1.99. The third kappa shape index (κ3) is 3.44. The van der Waals surface area contributed by atoms with Crippen molar-refractivity contribution in [3.05, 3.63) is 41.5 Å². The first-order valence-corrected chi connectivity index (χ1v) is 6.37. The van der Waals surface area contributed by atoms with E-state index in [0.717, 1.165) is 24.9 Å².